The van der Waals surface area contributed by atoms with Gasteiger partial charge in [0, 0.05) is 36.8 Å². The number of amides is 1. The van der Waals surface area contributed by atoms with Gasteiger partial charge in [0.25, 0.3) is 5.91 Å². The maximum absolute atomic E-state index is 12.7. The van der Waals surface area contributed by atoms with Crippen LogP contribution in [0, 0.1) is 0 Å². The third-order valence-electron chi connectivity index (χ3n) is 5.43. The van der Waals surface area contributed by atoms with Gasteiger partial charge in [0.05, 0.1) is 4.90 Å². The van der Waals surface area contributed by atoms with Crippen molar-refractivity contribution in [2.75, 3.05) is 13.6 Å². The summed E-state index contributed by atoms with van der Waals surface area (Å²) < 4.78 is 27.5. The van der Waals surface area contributed by atoms with Crippen LogP contribution in [0.25, 0.3) is 0 Å². The fourth-order valence-electron chi connectivity index (χ4n) is 3.85. The van der Waals surface area contributed by atoms with E-state index in [2.05, 4.69) is 27.7 Å². The molecular weight excluding hydrogens is 424 g/mol. The molecule has 0 aromatic heterocycles. The highest BCUT2D eigenvalue weighted by atomic mass is 32.2. The summed E-state index contributed by atoms with van der Waals surface area (Å²) in [6.45, 7) is 6.00. The molecule has 2 unspecified atom stereocenters. The van der Waals surface area contributed by atoms with E-state index in [1.165, 1.54) is 17.7 Å². The molecule has 2 aromatic rings. The Morgan fingerprint density at radius 1 is 1.06 bits per heavy atom. The Labute approximate surface area is 191 Å². The van der Waals surface area contributed by atoms with Gasteiger partial charge in [-0.05, 0) is 69.9 Å². The first-order valence-electron chi connectivity index (χ1n) is 11.0. The number of hydrogen-bond acceptors (Lipinski definition) is 5. The first-order valence-corrected chi connectivity index (χ1v) is 12.5. The smallest absolute Gasteiger partial charge is 0.253 e. The summed E-state index contributed by atoms with van der Waals surface area (Å²) in [7, 11) is -1.84. The van der Waals surface area contributed by atoms with E-state index >= 15 is 0 Å². The van der Waals surface area contributed by atoms with Crippen LogP contribution in [0.15, 0.2) is 59.5 Å². The molecule has 1 aliphatic heterocycles. The van der Waals surface area contributed by atoms with E-state index in [0.717, 1.165) is 19.3 Å². The number of sulfonamides is 1. The Bertz CT molecular complexity index is 1000. The lowest BCUT2D eigenvalue weighted by atomic mass is 10.00. The predicted molar refractivity (Wildman–Crippen MR) is 127 cm³/mol. The minimum Gasteiger partial charge on any atom is -0.342 e. The molecule has 7 nitrogen and oxygen atoms in total. The van der Waals surface area contributed by atoms with Gasteiger partial charge in [-0.25, -0.2) is 13.1 Å². The zero-order chi connectivity index (χ0) is 23.4. The van der Waals surface area contributed by atoms with Crippen LogP contribution in [0.5, 0.6) is 0 Å². The van der Waals surface area contributed by atoms with Gasteiger partial charge in [-0.1, -0.05) is 30.3 Å². The monoisotopic (exact) mass is 458 g/mol. The number of carbonyl (C=O) groups excluding carboxylic acids is 1. The van der Waals surface area contributed by atoms with Gasteiger partial charge < -0.3 is 4.90 Å². The third-order valence-corrected chi connectivity index (χ3v) is 7.20. The molecule has 1 amide bonds. The molecular formula is C24H34N4O3S. The summed E-state index contributed by atoms with van der Waals surface area (Å²) in [5, 5.41) is 0. The first kappa shape index (κ1) is 24.4. The number of nitrogens with one attached hydrogen (secondary N) is 3. The van der Waals surface area contributed by atoms with Crippen molar-refractivity contribution in [3.05, 3.63) is 65.7 Å². The van der Waals surface area contributed by atoms with Crippen LogP contribution < -0.4 is 15.6 Å². The highest BCUT2D eigenvalue weighted by Gasteiger charge is 2.25. The van der Waals surface area contributed by atoms with Crippen LogP contribution in [0.4, 0.5) is 0 Å². The predicted octanol–water partition coefficient (Wildman–Crippen LogP) is 3.22. The Kier molecular flexibility index (Phi) is 7.71. The van der Waals surface area contributed by atoms with E-state index in [1.807, 2.05) is 18.2 Å². The molecule has 1 saturated heterocycles. The summed E-state index contributed by atoms with van der Waals surface area (Å²) in [6.07, 6.45) is 2.86. The van der Waals surface area contributed by atoms with E-state index in [4.69, 9.17) is 0 Å². The average molecular weight is 459 g/mol. The van der Waals surface area contributed by atoms with Crippen LogP contribution in [-0.4, -0.2) is 44.4 Å². The molecule has 0 spiro atoms. The average Bonchev–Trinajstić information content (AvgIpc) is 3.21. The zero-order valence-corrected chi connectivity index (χ0v) is 20.1. The second-order valence-corrected chi connectivity index (χ2v) is 11.1. The van der Waals surface area contributed by atoms with Crippen molar-refractivity contribution in [3.8, 4) is 0 Å². The van der Waals surface area contributed by atoms with Crippen LogP contribution in [0.1, 0.15) is 62.0 Å². The Morgan fingerprint density at radius 3 is 2.34 bits per heavy atom. The number of hydrazine groups is 1. The summed E-state index contributed by atoms with van der Waals surface area (Å²) >= 11 is 0. The summed E-state index contributed by atoms with van der Waals surface area (Å²) in [5.74, 6) is -0.114. The van der Waals surface area contributed by atoms with Crippen LogP contribution in [-0.2, 0) is 10.0 Å². The fraction of sp³-hybridized carbons (Fsp3) is 0.458. The minimum atomic E-state index is -3.62. The SMILES string of the molecule is CN(CCCC1CC(c2ccccc2)NN1)C(=O)c1ccc(S(=O)(=O)NC(C)(C)C)cc1. The van der Waals surface area contributed by atoms with Gasteiger partial charge in [-0.15, -0.1) is 0 Å². The van der Waals surface area contributed by atoms with Gasteiger partial charge in [-0.3, -0.25) is 15.6 Å². The lowest BCUT2D eigenvalue weighted by Crippen LogP contribution is -2.40. The lowest BCUT2D eigenvalue weighted by molar-refractivity contribution is 0.0791. The van der Waals surface area contributed by atoms with Crippen molar-refractivity contribution < 1.29 is 13.2 Å². The van der Waals surface area contributed by atoms with E-state index in [1.54, 1.807) is 44.9 Å². The van der Waals surface area contributed by atoms with Crippen molar-refractivity contribution >= 4 is 15.9 Å². The second-order valence-electron chi connectivity index (χ2n) is 9.43. The lowest BCUT2D eigenvalue weighted by Gasteiger charge is -2.21. The van der Waals surface area contributed by atoms with Crippen LogP contribution in [0.2, 0.25) is 0 Å². The molecule has 2 aromatic carbocycles. The number of carbonyl (C=O) groups is 1. The van der Waals surface area contributed by atoms with E-state index in [9.17, 15) is 13.2 Å². The number of benzene rings is 2. The minimum absolute atomic E-state index is 0.114. The van der Waals surface area contributed by atoms with Gasteiger partial charge in [0.15, 0.2) is 0 Å². The Morgan fingerprint density at radius 2 is 1.72 bits per heavy atom. The van der Waals surface area contributed by atoms with Gasteiger partial charge in [0.2, 0.25) is 10.0 Å². The molecule has 174 valence electrons. The summed E-state index contributed by atoms with van der Waals surface area (Å²) in [5.41, 5.74) is 7.90. The van der Waals surface area contributed by atoms with E-state index in [0.29, 0.717) is 24.2 Å². The molecule has 32 heavy (non-hydrogen) atoms. The molecule has 1 heterocycles. The van der Waals surface area contributed by atoms with Crippen molar-refractivity contribution in [1.29, 1.82) is 0 Å². The summed E-state index contributed by atoms with van der Waals surface area (Å²) in [6, 6.07) is 17.2. The number of rotatable bonds is 8. The first-order chi connectivity index (χ1) is 15.0. The van der Waals surface area contributed by atoms with Crippen molar-refractivity contribution in [3.63, 3.8) is 0 Å². The molecule has 0 saturated carbocycles. The van der Waals surface area contributed by atoms with Crippen molar-refractivity contribution in [2.45, 2.75) is 62.6 Å². The fourth-order valence-corrected chi connectivity index (χ4v) is 5.27. The molecule has 3 rings (SSSR count). The Balaban J connectivity index is 1.48. The largest absolute Gasteiger partial charge is 0.342 e. The van der Waals surface area contributed by atoms with Gasteiger partial charge >= 0.3 is 0 Å². The molecule has 8 heteroatoms. The quantitative estimate of drug-likeness (QED) is 0.565. The highest BCUT2D eigenvalue weighted by Crippen LogP contribution is 2.24. The molecule has 1 aliphatic rings. The molecule has 3 N–H and O–H groups in total. The van der Waals surface area contributed by atoms with Gasteiger partial charge in [-0.2, -0.15) is 0 Å². The van der Waals surface area contributed by atoms with Crippen molar-refractivity contribution in [2.24, 2.45) is 0 Å². The van der Waals surface area contributed by atoms with Gasteiger partial charge in [0.1, 0.15) is 0 Å². The van der Waals surface area contributed by atoms with E-state index < -0.39 is 15.6 Å². The normalized spacial score (nSPS) is 19.1. The topological polar surface area (TPSA) is 90.5 Å². The van der Waals surface area contributed by atoms with Crippen molar-refractivity contribution in [1.82, 2.24) is 20.5 Å². The van der Waals surface area contributed by atoms with Crippen LogP contribution >= 0.6 is 0 Å². The molecule has 2 atom stereocenters. The highest BCUT2D eigenvalue weighted by molar-refractivity contribution is 7.89. The second kappa shape index (κ2) is 10.1. The number of hydrogen-bond donors (Lipinski definition) is 3. The Hall–Kier alpha value is -2.26. The maximum Gasteiger partial charge on any atom is 0.253 e. The maximum atomic E-state index is 12.7. The molecule has 0 bridgehead atoms. The molecule has 0 aliphatic carbocycles. The van der Waals surface area contributed by atoms with Crippen LogP contribution in [0.3, 0.4) is 0 Å². The molecule has 1 fully saturated rings. The zero-order valence-electron chi connectivity index (χ0n) is 19.3. The summed E-state index contributed by atoms with van der Waals surface area (Å²) in [4.78, 5) is 14.6. The van der Waals surface area contributed by atoms with E-state index in [-0.39, 0.29) is 10.8 Å². The molecule has 0 radical (unpaired) electrons. The third kappa shape index (κ3) is 6.62. The number of nitrogens with zero attached hydrogens (tertiary/aromatic N) is 1. The standard InChI is InChI=1S/C24H34N4O3S/c1-24(2,3)27-32(30,31)21-14-12-19(13-15-21)23(29)28(4)16-8-11-20-17-22(26-25-20)18-9-6-5-7-10-18/h5-7,9-10,12-15,20,22,25-27H,8,11,16-17H2,1-4H3.